The molecule has 1 heterocycles. The average Bonchev–Trinajstić information content (AvgIpc) is 3.29. The Morgan fingerprint density at radius 2 is 1.65 bits per heavy atom. The fraction of sp³-hybridized carbons (Fsp3) is 0.895. The first kappa shape index (κ1) is 36.4. The standard InChI is InChI=1S/C38H60O10/c1-19(2)22-15-23(42)28-21-9-10-27-37(8,36(21,7)14-13-35(22,28)6)12-11-26-34(4,5)32(24(46-20(3)41)16-38(26,27)18-40)48-33-31(45)30(44)29(43)25(17-39)47-33/h19,22,24-27,29-33,39-40,43-45H,9-18H2,1-8H3/t22-,24+,25+,26-,27-,29+,30-,31+,32-,33-,35+,36+,37+,38+/m0/s1. The van der Waals surface area contributed by atoms with Gasteiger partial charge in [-0.2, -0.15) is 0 Å². The lowest BCUT2D eigenvalue weighted by Gasteiger charge is -2.71. The van der Waals surface area contributed by atoms with Crippen LogP contribution in [0.4, 0.5) is 0 Å². The van der Waals surface area contributed by atoms with Crippen molar-refractivity contribution < 1.29 is 49.3 Å². The van der Waals surface area contributed by atoms with Gasteiger partial charge in [-0.05, 0) is 90.3 Å². The fourth-order valence-corrected chi connectivity index (χ4v) is 12.9. The largest absolute Gasteiger partial charge is 0.460 e. The number of hydrogen-bond acceptors (Lipinski definition) is 10. The molecule has 0 spiro atoms. The van der Waals surface area contributed by atoms with E-state index in [0.29, 0.717) is 30.5 Å². The Kier molecular flexibility index (Phi) is 9.17. The van der Waals surface area contributed by atoms with Gasteiger partial charge < -0.3 is 39.7 Å². The number of aliphatic hydroxyl groups is 5. The molecule has 1 aliphatic heterocycles. The molecule has 4 saturated carbocycles. The summed E-state index contributed by atoms with van der Waals surface area (Å²) in [5, 5.41) is 53.1. The summed E-state index contributed by atoms with van der Waals surface area (Å²) in [5.41, 5.74) is 0.659. The van der Waals surface area contributed by atoms with E-state index in [1.807, 2.05) is 0 Å². The Bertz CT molecular complexity index is 1320. The summed E-state index contributed by atoms with van der Waals surface area (Å²) in [7, 11) is 0. The van der Waals surface area contributed by atoms with Crippen molar-refractivity contribution in [1.29, 1.82) is 0 Å². The number of Topliss-reactive ketones (excluding diaryl/α,β-unsaturated/α-hetero) is 1. The molecule has 48 heavy (non-hydrogen) atoms. The second kappa shape index (κ2) is 12.1. The molecule has 10 heteroatoms. The van der Waals surface area contributed by atoms with Crippen LogP contribution in [0.15, 0.2) is 11.1 Å². The van der Waals surface area contributed by atoms with Crippen molar-refractivity contribution in [3.63, 3.8) is 0 Å². The summed E-state index contributed by atoms with van der Waals surface area (Å²) in [6.07, 6.45) is -2.48. The monoisotopic (exact) mass is 676 g/mol. The summed E-state index contributed by atoms with van der Waals surface area (Å²) in [4.78, 5) is 26.5. The number of ether oxygens (including phenoxy) is 3. The zero-order valence-corrected chi connectivity index (χ0v) is 30.2. The third-order valence-electron chi connectivity index (χ3n) is 15.3. The van der Waals surface area contributed by atoms with Crippen molar-refractivity contribution in [2.45, 2.75) is 150 Å². The Morgan fingerprint density at radius 3 is 2.25 bits per heavy atom. The minimum atomic E-state index is -1.60. The lowest BCUT2D eigenvalue weighted by Crippen LogP contribution is -2.70. The summed E-state index contributed by atoms with van der Waals surface area (Å²) in [6, 6.07) is 0. The van der Waals surface area contributed by atoms with E-state index < -0.39 is 66.3 Å². The predicted molar refractivity (Wildman–Crippen MR) is 176 cm³/mol. The molecule has 6 aliphatic rings. The number of esters is 1. The average molecular weight is 677 g/mol. The van der Waals surface area contributed by atoms with E-state index >= 15 is 0 Å². The highest BCUT2D eigenvalue weighted by molar-refractivity contribution is 6.00. The molecule has 0 radical (unpaired) electrons. The van der Waals surface area contributed by atoms with Crippen LogP contribution in [0.5, 0.6) is 0 Å². The van der Waals surface area contributed by atoms with Gasteiger partial charge in [0.1, 0.15) is 36.6 Å². The summed E-state index contributed by atoms with van der Waals surface area (Å²) >= 11 is 0. The number of fused-ring (bicyclic) bond motifs is 6. The zero-order valence-electron chi connectivity index (χ0n) is 30.2. The molecule has 14 atom stereocenters. The predicted octanol–water partition coefficient (Wildman–Crippen LogP) is 3.69. The van der Waals surface area contributed by atoms with Gasteiger partial charge in [-0.3, -0.25) is 9.59 Å². The van der Waals surface area contributed by atoms with Gasteiger partial charge in [0, 0.05) is 30.9 Å². The second-order valence-electron chi connectivity index (χ2n) is 18.0. The number of allylic oxidation sites excluding steroid dienone is 2. The van der Waals surface area contributed by atoms with Crippen LogP contribution in [0.25, 0.3) is 0 Å². The SMILES string of the molecule is CC(=O)O[C@@H]1C[C@]2(CO)[C@H]3CCC4=C5C(=O)C[C@@H](C(C)C)[C@@]5(C)CC[C@@]4(C)[C@]3(C)CC[C@H]2C(C)(C)[C@H]1O[C@@H]1O[C@H](CO)[C@@H](O)[C@H](O)[C@H]1O. The smallest absolute Gasteiger partial charge is 0.302 e. The van der Waals surface area contributed by atoms with E-state index in [4.69, 9.17) is 14.2 Å². The molecule has 0 unspecified atom stereocenters. The summed E-state index contributed by atoms with van der Waals surface area (Å²) in [5.74, 6) is 0.674. The van der Waals surface area contributed by atoms with Crippen LogP contribution in [-0.2, 0) is 23.8 Å². The number of rotatable bonds is 6. The molecule has 0 bridgehead atoms. The second-order valence-corrected chi connectivity index (χ2v) is 18.0. The van der Waals surface area contributed by atoms with E-state index in [9.17, 15) is 35.1 Å². The van der Waals surface area contributed by atoms with Crippen molar-refractivity contribution in [2.24, 2.45) is 50.7 Å². The normalized spacial score (nSPS) is 50.0. The number of ketones is 1. The summed E-state index contributed by atoms with van der Waals surface area (Å²) in [6.45, 7) is 16.4. The van der Waals surface area contributed by atoms with E-state index in [1.54, 1.807) is 0 Å². The molecule has 5 aliphatic carbocycles. The number of carbonyl (C=O) groups is 2. The van der Waals surface area contributed by atoms with E-state index in [0.717, 1.165) is 44.1 Å². The molecule has 0 aromatic rings. The zero-order chi connectivity index (χ0) is 35.4. The third-order valence-corrected chi connectivity index (χ3v) is 15.3. The van der Waals surface area contributed by atoms with Crippen molar-refractivity contribution in [3.05, 3.63) is 11.1 Å². The molecule has 5 N–H and O–H groups in total. The number of hydrogen-bond donors (Lipinski definition) is 5. The van der Waals surface area contributed by atoms with Gasteiger partial charge in [0.15, 0.2) is 12.1 Å². The van der Waals surface area contributed by atoms with Gasteiger partial charge >= 0.3 is 5.97 Å². The van der Waals surface area contributed by atoms with Gasteiger partial charge in [0.25, 0.3) is 0 Å². The van der Waals surface area contributed by atoms with Crippen LogP contribution in [0.1, 0.15) is 107 Å². The van der Waals surface area contributed by atoms with Crippen LogP contribution in [0.3, 0.4) is 0 Å². The van der Waals surface area contributed by atoms with Gasteiger partial charge in [-0.1, -0.05) is 54.0 Å². The number of aliphatic hydroxyl groups excluding tert-OH is 5. The van der Waals surface area contributed by atoms with Crippen LogP contribution in [0, 0.1) is 50.7 Å². The molecular weight excluding hydrogens is 616 g/mol. The molecular formula is C38H60O10. The fourth-order valence-electron chi connectivity index (χ4n) is 12.9. The quantitative estimate of drug-likeness (QED) is 0.207. The maximum atomic E-state index is 13.8. The lowest BCUT2D eigenvalue weighted by atomic mass is 9.34. The molecule has 0 aromatic heterocycles. The Hall–Kier alpha value is -1.40. The minimum absolute atomic E-state index is 0.0418. The minimum Gasteiger partial charge on any atom is -0.460 e. The Balaban J connectivity index is 1.39. The van der Waals surface area contributed by atoms with Crippen molar-refractivity contribution >= 4 is 11.8 Å². The Labute approximate surface area is 285 Å². The molecule has 0 amide bonds. The van der Waals surface area contributed by atoms with Gasteiger partial charge in [0.2, 0.25) is 0 Å². The Morgan fingerprint density at radius 1 is 0.958 bits per heavy atom. The molecule has 6 rings (SSSR count). The first-order chi connectivity index (χ1) is 22.3. The first-order valence-corrected chi connectivity index (χ1v) is 18.4. The molecule has 1 saturated heterocycles. The van der Waals surface area contributed by atoms with Crippen molar-refractivity contribution in [3.8, 4) is 0 Å². The molecule has 272 valence electrons. The lowest BCUT2D eigenvalue weighted by molar-refractivity contribution is -0.344. The van der Waals surface area contributed by atoms with Crippen LogP contribution in [0.2, 0.25) is 0 Å². The highest BCUT2D eigenvalue weighted by Gasteiger charge is 2.71. The van der Waals surface area contributed by atoms with Gasteiger partial charge in [0.05, 0.1) is 6.61 Å². The third kappa shape index (κ3) is 4.90. The topological polar surface area (TPSA) is 163 Å². The molecule has 0 aromatic carbocycles. The van der Waals surface area contributed by atoms with E-state index in [1.165, 1.54) is 12.5 Å². The maximum Gasteiger partial charge on any atom is 0.302 e. The first-order valence-electron chi connectivity index (χ1n) is 18.4. The highest BCUT2D eigenvalue weighted by Crippen LogP contribution is 2.76. The van der Waals surface area contributed by atoms with Crippen molar-refractivity contribution in [1.82, 2.24) is 0 Å². The highest BCUT2D eigenvalue weighted by atomic mass is 16.7. The van der Waals surface area contributed by atoms with Crippen LogP contribution < -0.4 is 0 Å². The molecule has 5 fully saturated rings. The van der Waals surface area contributed by atoms with Gasteiger partial charge in [-0.15, -0.1) is 0 Å². The van der Waals surface area contributed by atoms with Crippen LogP contribution in [-0.4, -0.2) is 93.4 Å². The maximum absolute atomic E-state index is 13.8. The van der Waals surface area contributed by atoms with Gasteiger partial charge in [-0.25, -0.2) is 0 Å². The summed E-state index contributed by atoms with van der Waals surface area (Å²) < 4.78 is 18.3. The molecule has 10 nitrogen and oxygen atoms in total. The number of carbonyl (C=O) groups excluding carboxylic acids is 2. The van der Waals surface area contributed by atoms with E-state index in [-0.39, 0.29) is 34.7 Å². The van der Waals surface area contributed by atoms with Crippen LogP contribution >= 0.6 is 0 Å². The van der Waals surface area contributed by atoms with E-state index in [2.05, 4.69) is 48.5 Å². The van der Waals surface area contributed by atoms with Crippen molar-refractivity contribution in [2.75, 3.05) is 13.2 Å².